The second-order valence-corrected chi connectivity index (χ2v) is 8.88. The Kier molecular flexibility index (Phi) is 7.83. The van der Waals surface area contributed by atoms with Gasteiger partial charge in [0.1, 0.15) is 6.54 Å². The number of carbonyl (C=O) groups excluding carboxylic acids is 2. The monoisotopic (exact) mass is 487 g/mol. The Morgan fingerprint density at radius 2 is 1.89 bits per heavy atom. The molecular weight excluding hydrogens is 454 g/mol. The average molecular weight is 488 g/mol. The molecule has 2 aromatic heterocycles. The molecule has 1 aliphatic rings. The maximum absolute atomic E-state index is 13.6. The van der Waals surface area contributed by atoms with E-state index in [4.69, 9.17) is 4.74 Å². The summed E-state index contributed by atoms with van der Waals surface area (Å²) >= 11 is 0. The van der Waals surface area contributed by atoms with Crippen molar-refractivity contribution < 1.29 is 14.3 Å². The van der Waals surface area contributed by atoms with Crippen molar-refractivity contribution in [3.8, 4) is 5.69 Å². The number of amides is 1. The van der Waals surface area contributed by atoms with E-state index in [9.17, 15) is 9.59 Å². The number of allylic oxidation sites excluding steroid dienone is 2. The predicted octanol–water partition coefficient (Wildman–Crippen LogP) is 4.79. The molecule has 0 bridgehead atoms. The summed E-state index contributed by atoms with van der Waals surface area (Å²) in [5, 5.41) is 12.1. The van der Waals surface area contributed by atoms with Gasteiger partial charge in [0, 0.05) is 22.9 Å². The highest BCUT2D eigenvalue weighted by Gasteiger charge is 2.24. The van der Waals surface area contributed by atoms with Crippen molar-refractivity contribution in [1.29, 1.82) is 0 Å². The van der Waals surface area contributed by atoms with Crippen LogP contribution in [-0.2, 0) is 20.9 Å². The Morgan fingerprint density at radius 1 is 1.11 bits per heavy atom. The van der Waals surface area contributed by atoms with E-state index in [2.05, 4.69) is 47.6 Å². The number of fused-ring (bicyclic) bond motifs is 1. The highest BCUT2D eigenvalue weighted by atomic mass is 16.5. The number of rotatable bonds is 9. The third-order valence-electron chi connectivity index (χ3n) is 6.35. The Hall–Kier alpha value is -3.94. The molecule has 4 rings (SSSR count). The molecule has 0 saturated carbocycles. The third-order valence-corrected chi connectivity index (χ3v) is 6.35. The van der Waals surface area contributed by atoms with E-state index in [1.807, 2.05) is 29.8 Å². The van der Waals surface area contributed by atoms with Gasteiger partial charge < -0.3 is 10.1 Å². The molecule has 3 aromatic rings. The van der Waals surface area contributed by atoms with Gasteiger partial charge in [-0.15, -0.1) is 0 Å². The molecule has 0 aliphatic heterocycles. The van der Waals surface area contributed by atoms with Crippen LogP contribution in [0.3, 0.4) is 0 Å². The maximum atomic E-state index is 13.6. The molecule has 1 unspecified atom stereocenters. The van der Waals surface area contributed by atoms with Gasteiger partial charge in [-0.25, -0.2) is 4.68 Å². The van der Waals surface area contributed by atoms with Gasteiger partial charge in [0.25, 0.3) is 5.91 Å². The molecule has 1 atom stereocenters. The zero-order chi connectivity index (χ0) is 25.7. The van der Waals surface area contributed by atoms with E-state index in [1.54, 1.807) is 25.5 Å². The van der Waals surface area contributed by atoms with Gasteiger partial charge in [0.15, 0.2) is 0 Å². The van der Waals surface area contributed by atoms with Gasteiger partial charge in [-0.3, -0.25) is 14.3 Å². The Balaban J connectivity index is 1.59. The van der Waals surface area contributed by atoms with Crippen molar-refractivity contribution in [2.45, 2.75) is 59.5 Å². The molecular formula is C28H33N5O3. The molecule has 8 nitrogen and oxygen atoms in total. The lowest BCUT2D eigenvalue weighted by Gasteiger charge is -2.17. The van der Waals surface area contributed by atoms with Crippen molar-refractivity contribution in [1.82, 2.24) is 24.9 Å². The molecule has 1 N–H and O–H groups in total. The lowest BCUT2D eigenvalue weighted by molar-refractivity contribution is -0.144. The van der Waals surface area contributed by atoms with E-state index in [0.29, 0.717) is 25.0 Å². The van der Waals surface area contributed by atoms with Crippen LogP contribution >= 0.6 is 0 Å². The van der Waals surface area contributed by atoms with Crippen molar-refractivity contribution in [2.24, 2.45) is 0 Å². The van der Waals surface area contributed by atoms with Crippen LogP contribution in [0.2, 0.25) is 0 Å². The normalized spacial score (nSPS) is 13.8. The first-order valence-electron chi connectivity index (χ1n) is 12.5. The fourth-order valence-corrected chi connectivity index (χ4v) is 4.29. The van der Waals surface area contributed by atoms with Crippen LogP contribution in [0, 0.1) is 6.92 Å². The van der Waals surface area contributed by atoms with Gasteiger partial charge in [-0.05, 0) is 51.3 Å². The highest BCUT2D eigenvalue weighted by Crippen LogP contribution is 2.31. The van der Waals surface area contributed by atoms with Gasteiger partial charge in [-0.2, -0.15) is 10.2 Å². The first kappa shape index (κ1) is 25.2. The molecule has 36 heavy (non-hydrogen) atoms. The van der Waals surface area contributed by atoms with Crippen LogP contribution < -0.4 is 5.32 Å². The van der Waals surface area contributed by atoms with Crippen LogP contribution in [0.25, 0.3) is 17.3 Å². The number of benzene rings is 1. The van der Waals surface area contributed by atoms with Crippen molar-refractivity contribution >= 4 is 23.5 Å². The number of nitrogens with one attached hydrogen (secondary N) is 1. The summed E-state index contributed by atoms with van der Waals surface area (Å²) in [4.78, 5) is 25.4. The number of hydrogen-bond donors (Lipinski definition) is 1. The topological polar surface area (TPSA) is 91.0 Å². The van der Waals surface area contributed by atoms with E-state index in [0.717, 1.165) is 28.9 Å². The third kappa shape index (κ3) is 5.48. The van der Waals surface area contributed by atoms with Crippen LogP contribution in [0.1, 0.15) is 68.5 Å². The van der Waals surface area contributed by atoms with Crippen molar-refractivity contribution in [2.75, 3.05) is 6.61 Å². The molecule has 188 valence electrons. The van der Waals surface area contributed by atoms with Crippen molar-refractivity contribution in [3.63, 3.8) is 0 Å². The molecule has 8 heteroatoms. The van der Waals surface area contributed by atoms with Crippen LogP contribution in [-0.4, -0.2) is 38.0 Å². The largest absolute Gasteiger partial charge is 0.465 e. The molecule has 1 aromatic carbocycles. The molecule has 1 amide bonds. The van der Waals surface area contributed by atoms with E-state index in [1.165, 1.54) is 15.8 Å². The molecule has 0 fully saturated rings. The summed E-state index contributed by atoms with van der Waals surface area (Å²) < 4.78 is 8.43. The quantitative estimate of drug-likeness (QED) is 0.438. The minimum atomic E-state index is -0.342. The summed E-state index contributed by atoms with van der Waals surface area (Å²) in [6.07, 6.45) is 11.7. The number of nitrogens with zero attached hydrogens (tertiary/aromatic N) is 4. The van der Waals surface area contributed by atoms with Gasteiger partial charge >= 0.3 is 5.97 Å². The standard InChI is InChI=1S/C28H33N5O3/c1-5-20-10-13-23(24-16-30-33(26(24)14-20)22-11-8-19(4)9-12-22)28(35)31-25(6-2)21-15-29-32(17-21)18-27(34)36-7-3/h8-9,11-17,25H,5-7,10,18H2,1-4H3,(H,31,35). The summed E-state index contributed by atoms with van der Waals surface area (Å²) in [7, 11) is 0. The highest BCUT2D eigenvalue weighted by molar-refractivity contribution is 6.20. The number of ether oxygens (including phenoxy) is 1. The molecule has 0 radical (unpaired) electrons. The van der Waals surface area contributed by atoms with Gasteiger partial charge in [0.2, 0.25) is 0 Å². The second-order valence-electron chi connectivity index (χ2n) is 8.88. The molecule has 0 saturated heterocycles. The Morgan fingerprint density at radius 3 is 2.58 bits per heavy atom. The minimum absolute atomic E-state index is 0.0381. The van der Waals surface area contributed by atoms with Crippen molar-refractivity contribution in [3.05, 3.63) is 76.9 Å². The fraction of sp³-hybridized carbons (Fsp3) is 0.357. The van der Waals surface area contributed by atoms with Crippen LogP contribution in [0.4, 0.5) is 0 Å². The number of aromatic nitrogens is 4. The summed E-state index contributed by atoms with van der Waals surface area (Å²) in [5.74, 6) is -0.499. The predicted molar refractivity (Wildman–Crippen MR) is 139 cm³/mol. The second kappa shape index (κ2) is 11.2. The molecule has 0 spiro atoms. The smallest absolute Gasteiger partial charge is 0.327 e. The first-order valence-corrected chi connectivity index (χ1v) is 12.5. The number of aryl methyl sites for hydroxylation is 1. The Bertz CT molecular complexity index is 1300. The SMILES string of the molecule is CCOC(=O)Cn1cc(C(CC)NC(=O)C2=CCC(CC)=Cc3c2cnn3-c2ccc(C)cc2)cn1. The van der Waals surface area contributed by atoms with E-state index < -0.39 is 0 Å². The first-order chi connectivity index (χ1) is 17.4. The summed E-state index contributed by atoms with van der Waals surface area (Å²) in [6, 6.07) is 7.95. The van der Waals surface area contributed by atoms with E-state index >= 15 is 0 Å². The average Bonchev–Trinajstić information content (AvgIpc) is 3.45. The maximum Gasteiger partial charge on any atom is 0.327 e. The number of carbonyl (C=O) groups is 2. The zero-order valence-corrected chi connectivity index (χ0v) is 21.3. The minimum Gasteiger partial charge on any atom is -0.465 e. The summed E-state index contributed by atoms with van der Waals surface area (Å²) in [6.45, 7) is 8.32. The molecule has 2 heterocycles. The van der Waals surface area contributed by atoms with Gasteiger partial charge in [0.05, 0.1) is 36.4 Å². The van der Waals surface area contributed by atoms with Crippen LogP contribution in [0.5, 0.6) is 0 Å². The number of hydrogen-bond acceptors (Lipinski definition) is 5. The van der Waals surface area contributed by atoms with E-state index in [-0.39, 0.29) is 24.5 Å². The fourth-order valence-electron chi connectivity index (χ4n) is 4.29. The Labute approximate surface area is 211 Å². The lowest BCUT2D eigenvalue weighted by atomic mass is 10.0. The van der Waals surface area contributed by atoms with Crippen LogP contribution in [0.15, 0.2) is 54.5 Å². The lowest BCUT2D eigenvalue weighted by Crippen LogP contribution is -2.29. The number of esters is 1. The summed E-state index contributed by atoms with van der Waals surface area (Å²) in [5.41, 5.74) is 6.54. The zero-order valence-electron chi connectivity index (χ0n) is 21.3. The molecule has 1 aliphatic carbocycles. The van der Waals surface area contributed by atoms with Gasteiger partial charge in [-0.1, -0.05) is 43.2 Å².